The molecule has 7 heteroatoms. The minimum absolute atomic E-state index is 0.330. The number of rotatable bonds is 8. The maximum atomic E-state index is 12.2. The highest BCUT2D eigenvalue weighted by molar-refractivity contribution is 6.30. The number of carbonyl (C=O) groups excluding carboxylic acids is 1. The van der Waals surface area contributed by atoms with Gasteiger partial charge in [0.2, 0.25) is 0 Å². The number of ether oxygens (including phenoxy) is 3. The average Bonchev–Trinajstić information content (AvgIpc) is 2.79. The van der Waals surface area contributed by atoms with E-state index in [1.807, 2.05) is 24.3 Å². The lowest BCUT2D eigenvalue weighted by molar-refractivity contribution is 0.0955. The third-order valence-electron chi connectivity index (χ3n) is 4.25. The number of nitrogens with one attached hydrogen (secondary N) is 1. The minimum Gasteiger partial charge on any atom is -0.497 e. The number of carbonyl (C=O) groups is 1. The molecule has 0 aliphatic carbocycles. The van der Waals surface area contributed by atoms with Crippen molar-refractivity contribution in [1.82, 2.24) is 5.43 Å². The van der Waals surface area contributed by atoms with Crippen LogP contribution in [0.4, 0.5) is 0 Å². The van der Waals surface area contributed by atoms with Crippen LogP contribution in [0.3, 0.4) is 0 Å². The summed E-state index contributed by atoms with van der Waals surface area (Å²) in [6.07, 6.45) is 1.52. The van der Waals surface area contributed by atoms with Gasteiger partial charge in [0, 0.05) is 16.1 Å². The Hall–Kier alpha value is -3.51. The van der Waals surface area contributed by atoms with Gasteiger partial charge in [0.05, 0.1) is 20.4 Å². The molecule has 3 rings (SSSR count). The van der Waals surface area contributed by atoms with Crippen molar-refractivity contribution in [3.05, 3.63) is 88.4 Å². The van der Waals surface area contributed by atoms with Crippen molar-refractivity contribution in [1.29, 1.82) is 0 Å². The summed E-state index contributed by atoms with van der Waals surface area (Å²) in [7, 11) is 3.14. The molecule has 3 aromatic carbocycles. The summed E-state index contributed by atoms with van der Waals surface area (Å²) in [6.45, 7) is 0.330. The number of halogens is 1. The fourth-order valence-electron chi connectivity index (χ4n) is 2.65. The summed E-state index contributed by atoms with van der Waals surface area (Å²) < 4.78 is 16.5. The Labute approximate surface area is 180 Å². The Morgan fingerprint density at radius 3 is 2.40 bits per heavy atom. The van der Waals surface area contributed by atoms with E-state index in [1.165, 1.54) is 6.21 Å². The summed E-state index contributed by atoms with van der Waals surface area (Å²) >= 11 is 5.92. The first-order valence-electron chi connectivity index (χ1n) is 9.12. The first kappa shape index (κ1) is 21.2. The Kier molecular flexibility index (Phi) is 7.29. The SMILES string of the molecule is COc1ccc(C(=O)N/N=C\c2cccc(OC)c2OCc2ccc(Cl)cc2)cc1. The molecule has 0 aliphatic rings. The van der Waals surface area contributed by atoms with Crippen LogP contribution in [0.15, 0.2) is 71.8 Å². The Balaban J connectivity index is 1.71. The highest BCUT2D eigenvalue weighted by atomic mass is 35.5. The number of hydrogen-bond acceptors (Lipinski definition) is 5. The number of benzene rings is 3. The molecule has 154 valence electrons. The van der Waals surface area contributed by atoms with Crippen LogP contribution >= 0.6 is 11.6 Å². The fourth-order valence-corrected chi connectivity index (χ4v) is 2.78. The second-order valence-electron chi connectivity index (χ2n) is 6.22. The number of nitrogens with zero attached hydrogens (tertiary/aromatic N) is 1. The number of hydrazone groups is 1. The molecule has 30 heavy (non-hydrogen) atoms. The molecule has 0 aliphatic heterocycles. The summed E-state index contributed by atoms with van der Waals surface area (Å²) in [4.78, 5) is 12.2. The first-order chi connectivity index (χ1) is 14.6. The third-order valence-corrected chi connectivity index (χ3v) is 4.50. The minimum atomic E-state index is -0.333. The standard InChI is InChI=1S/C23H21ClN2O4/c1-28-20-12-8-17(9-13-20)23(27)26-25-14-18-4-3-5-21(29-2)22(18)30-15-16-6-10-19(24)11-7-16/h3-14H,15H2,1-2H3,(H,26,27)/b25-14-. The molecule has 0 radical (unpaired) electrons. The van der Waals surface area contributed by atoms with Crippen molar-refractivity contribution in [3.63, 3.8) is 0 Å². The van der Waals surface area contributed by atoms with Gasteiger partial charge in [0.25, 0.3) is 5.91 Å². The second kappa shape index (κ2) is 10.3. The number of hydrogen-bond donors (Lipinski definition) is 1. The third kappa shape index (κ3) is 5.52. The van der Waals surface area contributed by atoms with Crippen LogP contribution in [-0.4, -0.2) is 26.3 Å². The molecule has 1 N–H and O–H groups in total. The van der Waals surface area contributed by atoms with E-state index in [1.54, 1.807) is 56.7 Å². The van der Waals surface area contributed by atoms with Crippen LogP contribution in [-0.2, 0) is 6.61 Å². The molecule has 6 nitrogen and oxygen atoms in total. The predicted molar refractivity (Wildman–Crippen MR) is 117 cm³/mol. The summed E-state index contributed by atoms with van der Waals surface area (Å²) in [5.41, 5.74) is 4.60. The molecule has 0 bridgehead atoms. The van der Waals surface area contributed by atoms with Crippen LogP contribution in [0, 0.1) is 0 Å². The lowest BCUT2D eigenvalue weighted by Crippen LogP contribution is -2.17. The molecular weight excluding hydrogens is 404 g/mol. The van der Waals surface area contributed by atoms with Crippen LogP contribution in [0.5, 0.6) is 17.2 Å². The predicted octanol–water partition coefficient (Wildman–Crippen LogP) is 4.70. The number of para-hydroxylation sites is 1. The van der Waals surface area contributed by atoms with Crippen LogP contribution in [0.1, 0.15) is 21.5 Å². The van der Waals surface area contributed by atoms with Crippen molar-refractivity contribution in [2.45, 2.75) is 6.61 Å². The zero-order valence-corrected chi connectivity index (χ0v) is 17.3. The van der Waals surface area contributed by atoms with Gasteiger partial charge in [-0.2, -0.15) is 5.10 Å². The molecule has 0 saturated carbocycles. The Bertz CT molecular complexity index is 1020. The van der Waals surface area contributed by atoms with Gasteiger partial charge in [0.15, 0.2) is 11.5 Å². The smallest absolute Gasteiger partial charge is 0.271 e. The van der Waals surface area contributed by atoms with Crippen LogP contribution < -0.4 is 19.6 Å². The average molecular weight is 425 g/mol. The Morgan fingerprint density at radius 2 is 1.73 bits per heavy atom. The van der Waals surface area contributed by atoms with E-state index in [4.69, 9.17) is 25.8 Å². The lowest BCUT2D eigenvalue weighted by Gasteiger charge is -2.13. The lowest BCUT2D eigenvalue weighted by atomic mass is 10.2. The summed E-state index contributed by atoms with van der Waals surface area (Å²) in [5, 5.41) is 4.72. The number of methoxy groups -OCH3 is 2. The van der Waals surface area contributed by atoms with Crippen molar-refractivity contribution < 1.29 is 19.0 Å². The van der Waals surface area contributed by atoms with E-state index in [-0.39, 0.29) is 5.91 Å². The van der Waals surface area contributed by atoms with E-state index >= 15 is 0 Å². The van der Waals surface area contributed by atoms with Crippen LogP contribution in [0.25, 0.3) is 0 Å². The van der Waals surface area contributed by atoms with Crippen molar-refractivity contribution in [3.8, 4) is 17.2 Å². The van der Waals surface area contributed by atoms with E-state index in [0.29, 0.717) is 40.0 Å². The molecule has 0 heterocycles. The molecule has 0 atom stereocenters. The molecule has 0 spiro atoms. The zero-order valence-electron chi connectivity index (χ0n) is 16.6. The van der Waals surface area contributed by atoms with Gasteiger partial charge in [0.1, 0.15) is 12.4 Å². The van der Waals surface area contributed by atoms with Crippen molar-refractivity contribution in [2.75, 3.05) is 14.2 Å². The molecule has 3 aromatic rings. The summed E-state index contributed by atoms with van der Waals surface area (Å²) in [6, 6.07) is 19.6. The van der Waals surface area contributed by atoms with Gasteiger partial charge in [-0.15, -0.1) is 0 Å². The van der Waals surface area contributed by atoms with Gasteiger partial charge in [-0.05, 0) is 54.1 Å². The molecule has 0 aromatic heterocycles. The normalized spacial score (nSPS) is 10.6. The van der Waals surface area contributed by atoms with Gasteiger partial charge < -0.3 is 14.2 Å². The number of amides is 1. The Morgan fingerprint density at radius 1 is 1.00 bits per heavy atom. The van der Waals surface area contributed by atoms with Crippen molar-refractivity contribution in [2.24, 2.45) is 5.10 Å². The van der Waals surface area contributed by atoms with E-state index in [9.17, 15) is 4.79 Å². The van der Waals surface area contributed by atoms with E-state index in [2.05, 4.69) is 10.5 Å². The topological polar surface area (TPSA) is 69.2 Å². The molecular formula is C23H21ClN2O4. The monoisotopic (exact) mass is 424 g/mol. The highest BCUT2D eigenvalue weighted by Gasteiger charge is 2.10. The second-order valence-corrected chi connectivity index (χ2v) is 6.66. The fraction of sp³-hybridized carbons (Fsp3) is 0.130. The molecule has 0 saturated heterocycles. The molecule has 0 unspecified atom stereocenters. The highest BCUT2D eigenvalue weighted by Crippen LogP contribution is 2.31. The van der Waals surface area contributed by atoms with Crippen molar-refractivity contribution >= 4 is 23.7 Å². The largest absolute Gasteiger partial charge is 0.497 e. The molecule has 0 fully saturated rings. The quantitative estimate of drug-likeness (QED) is 0.420. The van der Waals surface area contributed by atoms with Gasteiger partial charge in [-0.3, -0.25) is 4.79 Å². The van der Waals surface area contributed by atoms with Gasteiger partial charge in [-0.1, -0.05) is 29.8 Å². The maximum Gasteiger partial charge on any atom is 0.271 e. The first-order valence-corrected chi connectivity index (χ1v) is 9.50. The van der Waals surface area contributed by atoms with Crippen LogP contribution in [0.2, 0.25) is 5.02 Å². The van der Waals surface area contributed by atoms with E-state index < -0.39 is 0 Å². The van der Waals surface area contributed by atoms with Gasteiger partial charge >= 0.3 is 0 Å². The van der Waals surface area contributed by atoms with E-state index in [0.717, 1.165) is 5.56 Å². The zero-order chi connectivity index (χ0) is 21.3. The molecule has 1 amide bonds. The van der Waals surface area contributed by atoms with Gasteiger partial charge in [-0.25, -0.2) is 5.43 Å². The maximum absolute atomic E-state index is 12.2. The summed E-state index contributed by atoms with van der Waals surface area (Å²) in [5.74, 6) is 1.43.